The SMILES string of the molecule is COC(=O)c1cc(Cl)c2c(OC)ccc(F)c2n1. The molecule has 0 saturated heterocycles. The van der Waals surface area contributed by atoms with E-state index in [9.17, 15) is 9.18 Å². The Kier molecular flexibility index (Phi) is 3.34. The average molecular weight is 270 g/mol. The first-order valence-electron chi connectivity index (χ1n) is 4.99. The van der Waals surface area contributed by atoms with Gasteiger partial charge in [-0.05, 0) is 18.2 Å². The highest BCUT2D eigenvalue weighted by Gasteiger charge is 2.16. The number of rotatable bonds is 2. The number of halogens is 2. The first-order chi connectivity index (χ1) is 8.58. The highest BCUT2D eigenvalue weighted by molar-refractivity contribution is 6.36. The van der Waals surface area contributed by atoms with Crippen molar-refractivity contribution in [3.05, 3.63) is 34.7 Å². The number of carbonyl (C=O) groups is 1. The van der Waals surface area contributed by atoms with Gasteiger partial charge >= 0.3 is 5.97 Å². The van der Waals surface area contributed by atoms with Gasteiger partial charge in [0.25, 0.3) is 0 Å². The van der Waals surface area contributed by atoms with Crippen LogP contribution in [0.1, 0.15) is 10.5 Å². The van der Waals surface area contributed by atoms with Crippen LogP contribution < -0.4 is 4.74 Å². The fourth-order valence-electron chi connectivity index (χ4n) is 1.61. The Balaban J connectivity index is 2.80. The maximum atomic E-state index is 13.7. The van der Waals surface area contributed by atoms with E-state index in [1.54, 1.807) is 0 Å². The van der Waals surface area contributed by atoms with E-state index in [4.69, 9.17) is 16.3 Å². The quantitative estimate of drug-likeness (QED) is 0.787. The molecular formula is C12H9ClFNO3. The largest absolute Gasteiger partial charge is 0.496 e. The Morgan fingerprint density at radius 1 is 1.39 bits per heavy atom. The van der Waals surface area contributed by atoms with Crippen LogP contribution in [-0.2, 0) is 4.74 Å². The van der Waals surface area contributed by atoms with Crippen molar-refractivity contribution in [2.75, 3.05) is 14.2 Å². The van der Waals surface area contributed by atoms with Crippen LogP contribution >= 0.6 is 11.6 Å². The average Bonchev–Trinajstić information content (AvgIpc) is 2.38. The summed E-state index contributed by atoms with van der Waals surface area (Å²) >= 11 is 6.02. The number of methoxy groups -OCH3 is 2. The number of hydrogen-bond donors (Lipinski definition) is 0. The summed E-state index contributed by atoms with van der Waals surface area (Å²) in [6, 6.07) is 3.96. The van der Waals surface area contributed by atoms with Crippen LogP contribution in [0.2, 0.25) is 5.02 Å². The van der Waals surface area contributed by atoms with Crippen LogP contribution in [-0.4, -0.2) is 25.2 Å². The molecule has 1 aromatic heterocycles. The first-order valence-corrected chi connectivity index (χ1v) is 5.37. The molecule has 0 N–H and O–H groups in total. The van der Waals surface area contributed by atoms with Gasteiger partial charge in [-0.15, -0.1) is 0 Å². The van der Waals surface area contributed by atoms with Crippen molar-refractivity contribution in [1.82, 2.24) is 4.98 Å². The summed E-state index contributed by atoms with van der Waals surface area (Å²) in [6.45, 7) is 0. The van der Waals surface area contributed by atoms with Crippen LogP contribution in [0.3, 0.4) is 0 Å². The van der Waals surface area contributed by atoms with Gasteiger partial charge in [0.05, 0.1) is 24.6 Å². The Morgan fingerprint density at radius 2 is 2.11 bits per heavy atom. The Morgan fingerprint density at radius 3 is 2.72 bits per heavy atom. The lowest BCUT2D eigenvalue weighted by molar-refractivity contribution is 0.0594. The van der Waals surface area contributed by atoms with Gasteiger partial charge in [-0.3, -0.25) is 0 Å². The molecule has 0 saturated carbocycles. The molecular weight excluding hydrogens is 261 g/mol. The van der Waals surface area contributed by atoms with Gasteiger partial charge in [-0.25, -0.2) is 14.2 Å². The highest BCUT2D eigenvalue weighted by atomic mass is 35.5. The van der Waals surface area contributed by atoms with Gasteiger partial charge in [-0.1, -0.05) is 11.6 Å². The summed E-state index contributed by atoms with van der Waals surface area (Å²) in [7, 11) is 2.65. The van der Waals surface area contributed by atoms with E-state index in [2.05, 4.69) is 9.72 Å². The molecule has 2 rings (SSSR count). The fraction of sp³-hybridized carbons (Fsp3) is 0.167. The number of nitrogens with zero attached hydrogens (tertiary/aromatic N) is 1. The van der Waals surface area contributed by atoms with Crippen molar-refractivity contribution in [3.8, 4) is 5.75 Å². The first kappa shape index (κ1) is 12.6. The summed E-state index contributed by atoms with van der Waals surface area (Å²) < 4.78 is 23.3. The van der Waals surface area contributed by atoms with Gasteiger partial charge in [0.2, 0.25) is 0 Å². The van der Waals surface area contributed by atoms with Crippen LogP contribution in [0.15, 0.2) is 18.2 Å². The molecule has 1 heterocycles. The van der Waals surface area contributed by atoms with Gasteiger partial charge in [0.1, 0.15) is 17.1 Å². The topological polar surface area (TPSA) is 48.4 Å². The molecule has 94 valence electrons. The number of esters is 1. The normalized spacial score (nSPS) is 10.4. The van der Waals surface area contributed by atoms with Crippen molar-refractivity contribution >= 4 is 28.5 Å². The zero-order valence-corrected chi connectivity index (χ0v) is 10.4. The fourth-order valence-corrected chi connectivity index (χ4v) is 1.90. The second-order valence-electron chi connectivity index (χ2n) is 3.45. The van der Waals surface area contributed by atoms with E-state index in [0.29, 0.717) is 11.1 Å². The van der Waals surface area contributed by atoms with Crippen molar-refractivity contribution in [1.29, 1.82) is 0 Å². The van der Waals surface area contributed by atoms with Gasteiger partial charge in [-0.2, -0.15) is 0 Å². The smallest absolute Gasteiger partial charge is 0.356 e. The zero-order chi connectivity index (χ0) is 13.3. The number of fused-ring (bicyclic) bond motifs is 1. The summed E-state index contributed by atoms with van der Waals surface area (Å²) in [5, 5.41) is 0.503. The Hall–Kier alpha value is -1.88. The van der Waals surface area contributed by atoms with E-state index < -0.39 is 11.8 Å². The number of ether oxygens (including phenoxy) is 2. The van der Waals surface area contributed by atoms with Crippen LogP contribution in [0.25, 0.3) is 10.9 Å². The molecule has 0 bridgehead atoms. The maximum absolute atomic E-state index is 13.7. The Labute approximate surface area is 107 Å². The minimum Gasteiger partial charge on any atom is -0.496 e. The molecule has 0 aliphatic rings. The second-order valence-corrected chi connectivity index (χ2v) is 3.86. The van der Waals surface area contributed by atoms with Crippen LogP contribution in [0.4, 0.5) is 4.39 Å². The van der Waals surface area contributed by atoms with Crippen molar-refractivity contribution in [2.45, 2.75) is 0 Å². The number of aromatic nitrogens is 1. The lowest BCUT2D eigenvalue weighted by atomic mass is 10.1. The summed E-state index contributed by atoms with van der Waals surface area (Å²) in [5.74, 6) is -0.875. The predicted molar refractivity (Wildman–Crippen MR) is 64.6 cm³/mol. The third kappa shape index (κ3) is 1.97. The monoisotopic (exact) mass is 269 g/mol. The molecule has 0 aliphatic carbocycles. The number of pyridine rings is 1. The zero-order valence-electron chi connectivity index (χ0n) is 9.66. The third-order valence-electron chi connectivity index (χ3n) is 2.44. The van der Waals surface area contributed by atoms with Crippen LogP contribution in [0, 0.1) is 5.82 Å². The van der Waals surface area contributed by atoms with E-state index >= 15 is 0 Å². The second kappa shape index (κ2) is 4.78. The van der Waals surface area contributed by atoms with Gasteiger partial charge < -0.3 is 9.47 Å². The molecule has 0 amide bonds. The van der Waals surface area contributed by atoms with Crippen molar-refractivity contribution < 1.29 is 18.7 Å². The van der Waals surface area contributed by atoms with E-state index in [1.807, 2.05) is 0 Å². The number of hydrogen-bond acceptors (Lipinski definition) is 4. The molecule has 1 aromatic carbocycles. The molecule has 18 heavy (non-hydrogen) atoms. The van der Waals surface area contributed by atoms with E-state index in [1.165, 1.54) is 32.4 Å². The number of benzene rings is 1. The molecule has 0 atom stereocenters. The number of carbonyl (C=O) groups excluding carboxylic acids is 1. The summed E-state index contributed by atoms with van der Waals surface area (Å²) in [4.78, 5) is 15.3. The van der Waals surface area contributed by atoms with E-state index in [-0.39, 0.29) is 16.2 Å². The molecule has 2 aromatic rings. The standard InChI is InChI=1S/C12H9ClFNO3/c1-17-9-4-3-7(14)11-10(9)6(13)5-8(15-11)12(16)18-2/h3-5H,1-2H3. The molecule has 6 heteroatoms. The third-order valence-corrected chi connectivity index (χ3v) is 2.74. The molecule has 4 nitrogen and oxygen atoms in total. The summed E-state index contributed by atoms with van der Waals surface area (Å²) in [6.07, 6.45) is 0. The minimum atomic E-state index is -0.680. The van der Waals surface area contributed by atoms with Gasteiger partial charge in [0, 0.05) is 0 Å². The van der Waals surface area contributed by atoms with E-state index in [0.717, 1.165) is 0 Å². The molecule has 0 aliphatic heterocycles. The summed E-state index contributed by atoms with van der Waals surface area (Å²) in [5.41, 5.74) is -0.0793. The molecule has 0 radical (unpaired) electrons. The van der Waals surface area contributed by atoms with Crippen molar-refractivity contribution in [2.24, 2.45) is 0 Å². The maximum Gasteiger partial charge on any atom is 0.356 e. The lowest BCUT2D eigenvalue weighted by Gasteiger charge is -2.08. The molecule has 0 spiro atoms. The Bertz CT molecular complexity index is 630. The van der Waals surface area contributed by atoms with Crippen LogP contribution in [0.5, 0.6) is 5.75 Å². The molecule has 0 unspecified atom stereocenters. The predicted octanol–water partition coefficient (Wildman–Crippen LogP) is 2.82. The lowest BCUT2D eigenvalue weighted by Crippen LogP contribution is -2.05. The van der Waals surface area contributed by atoms with Gasteiger partial charge in [0.15, 0.2) is 5.69 Å². The van der Waals surface area contributed by atoms with Crippen molar-refractivity contribution in [3.63, 3.8) is 0 Å². The highest BCUT2D eigenvalue weighted by Crippen LogP contribution is 2.33. The molecule has 0 fully saturated rings. The minimum absolute atomic E-state index is 0.0257.